The van der Waals surface area contributed by atoms with Crippen molar-refractivity contribution < 1.29 is 9.94 Å². The molecule has 2 aromatic rings. The van der Waals surface area contributed by atoms with Gasteiger partial charge in [-0.2, -0.15) is 0 Å². The second kappa shape index (κ2) is 6.05. The molecule has 0 aromatic heterocycles. The molecule has 0 bridgehead atoms. The zero-order valence-electron chi connectivity index (χ0n) is 10.5. The van der Waals surface area contributed by atoms with E-state index in [-0.39, 0.29) is 0 Å². The molecule has 18 heavy (non-hydrogen) atoms. The highest BCUT2D eigenvalue weighted by Gasteiger charge is 2.06. The monoisotopic (exact) mass is 243 g/mol. The summed E-state index contributed by atoms with van der Waals surface area (Å²) >= 11 is 0. The number of rotatable bonds is 5. The maximum absolute atomic E-state index is 8.79. The van der Waals surface area contributed by atoms with E-state index in [1.54, 1.807) is 0 Å². The van der Waals surface area contributed by atoms with Crippen LogP contribution in [0.2, 0.25) is 0 Å². The molecule has 3 nitrogen and oxygen atoms in total. The lowest BCUT2D eigenvalue weighted by Gasteiger charge is -2.10. The summed E-state index contributed by atoms with van der Waals surface area (Å²) in [6, 6.07) is 11.9. The summed E-state index contributed by atoms with van der Waals surface area (Å²) in [5, 5.41) is 14.1. The van der Waals surface area contributed by atoms with Gasteiger partial charge in [-0.25, -0.2) is 0 Å². The van der Waals surface area contributed by atoms with Crippen LogP contribution in [0.25, 0.3) is 10.8 Å². The number of hydrogen-bond donors (Lipinski definition) is 1. The summed E-state index contributed by atoms with van der Waals surface area (Å²) in [4.78, 5) is 0. The van der Waals surface area contributed by atoms with Gasteiger partial charge in [-0.05, 0) is 23.3 Å². The molecule has 0 spiro atoms. The largest absolute Gasteiger partial charge is 0.493 e. The average Bonchev–Trinajstić information content (AvgIpc) is 2.41. The van der Waals surface area contributed by atoms with E-state index in [0.717, 1.165) is 34.9 Å². The van der Waals surface area contributed by atoms with Gasteiger partial charge in [0, 0.05) is 5.56 Å². The first kappa shape index (κ1) is 12.4. The zero-order chi connectivity index (χ0) is 12.8. The minimum Gasteiger partial charge on any atom is -0.493 e. The first-order valence-corrected chi connectivity index (χ1v) is 6.18. The Labute approximate surface area is 107 Å². The lowest BCUT2D eigenvalue weighted by atomic mass is 10.0. The van der Waals surface area contributed by atoms with E-state index in [0.29, 0.717) is 6.61 Å². The van der Waals surface area contributed by atoms with Crippen LogP contribution in [0.1, 0.15) is 25.3 Å². The number of unbranched alkanes of at least 4 members (excludes halogenated alkanes) is 1. The van der Waals surface area contributed by atoms with E-state index < -0.39 is 0 Å². The van der Waals surface area contributed by atoms with Gasteiger partial charge in [0.15, 0.2) is 0 Å². The molecule has 1 N–H and O–H groups in total. The van der Waals surface area contributed by atoms with Crippen molar-refractivity contribution >= 4 is 17.0 Å². The van der Waals surface area contributed by atoms with Gasteiger partial charge in [0.25, 0.3) is 0 Å². The van der Waals surface area contributed by atoms with Crippen molar-refractivity contribution in [2.24, 2.45) is 5.16 Å². The third kappa shape index (κ3) is 2.62. The molecule has 0 atom stereocenters. The van der Waals surface area contributed by atoms with Crippen LogP contribution in [0, 0.1) is 0 Å². The fourth-order valence-electron chi connectivity index (χ4n) is 1.92. The summed E-state index contributed by atoms with van der Waals surface area (Å²) in [5.41, 5.74) is 0.826. The molecule has 0 saturated heterocycles. The van der Waals surface area contributed by atoms with Gasteiger partial charge in [-0.15, -0.1) is 0 Å². The number of hydrogen-bond acceptors (Lipinski definition) is 3. The van der Waals surface area contributed by atoms with Gasteiger partial charge in [0.2, 0.25) is 0 Å². The number of benzene rings is 2. The van der Waals surface area contributed by atoms with E-state index in [1.165, 1.54) is 6.21 Å². The first-order valence-electron chi connectivity index (χ1n) is 6.18. The smallest absolute Gasteiger partial charge is 0.128 e. The highest BCUT2D eigenvalue weighted by Crippen LogP contribution is 2.26. The van der Waals surface area contributed by atoms with Crippen LogP contribution >= 0.6 is 0 Å². The topological polar surface area (TPSA) is 41.8 Å². The Morgan fingerprint density at radius 3 is 2.83 bits per heavy atom. The lowest BCUT2D eigenvalue weighted by Crippen LogP contribution is -2.00. The van der Waals surface area contributed by atoms with Gasteiger partial charge < -0.3 is 9.94 Å². The van der Waals surface area contributed by atoms with E-state index >= 15 is 0 Å². The summed E-state index contributed by atoms with van der Waals surface area (Å²) in [6.45, 7) is 2.81. The highest BCUT2D eigenvalue weighted by molar-refractivity contribution is 6.02. The van der Waals surface area contributed by atoms with Crippen LogP contribution in [-0.4, -0.2) is 18.0 Å². The third-order valence-electron chi connectivity index (χ3n) is 2.87. The molecule has 2 rings (SSSR count). The van der Waals surface area contributed by atoms with E-state index in [9.17, 15) is 0 Å². The van der Waals surface area contributed by atoms with Crippen molar-refractivity contribution in [3.05, 3.63) is 42.0 Å². The molecule has 0 aliphatic carbocycles. The molecule has 0 amide bonds. The Hall–Kier alpha value is -2.03. The molecule has 2 aromatic carbocycles. The molecule has 0 aliphatic rings. The Morgan fingerprint density at radius 2 is 2.06 bits per heavy atom. The Kier molecular flexibility index (Phi) is 4.18. The van der Waals surface area contributed by atoms with Crippen LogP contribution < -0.4 is 4.74 Å². The van der Waals surface area contributed by atoms with Crippen molar-refractivity contribution in [3.63, 3.8) is 0 Å². The molecule has 0 fully saturated rings. The normalized spacial score (nSPS) is 11.2. The van der Waals surface area contributed by atoms with Crippen molar-refractivity contribution in [1.82, 2.24) is 0 Å². The van der Waals surface area contributed by atoms with Gasteiger partial charge >= 0.3 is 0 Å². The first-order chi connectivity index (χ1) is 8.86. The molecule has 0 saturated carbocycles. The third-order valence-corrected chi connectivity index (χ3v) is 2.87. The minimum absolute atomic E-state index is 0.682. The van der Waals surface area contributed by atoms with Crippen LogP contribution in [0.5, 0.6) is 5.75 Å². The molecule has 0 radical (unpaired) electrons. The Bertz CT molecular complexity index is 549. The fourth-order valence-corrected chi connectivity index (χ4v) is 1.92. The quantitative estimate of drug-likeness (QED) is 0.375. The Morgan fingerprint density at radius 1 is 1.22 bits per heavy atom. The van der Waals surface area contributed by atoms with Gasteiger partial charge in [0.1, 0.15) is 5.75 Å². The minimum atomic E-state index is 0.682. The van der Waals surface area contributed by atoms with Gasteiger partial charge in [-0.3, -0.25) is 0 Å². The standard InChI is InChI=1S/C15H17NO2/c1-2-3-10-18-15-9-8-12-6-4-5-7-13(12)14(15)11-16-17/h4-9,11,17H,2-3,10H2,1H3/b16-11-. The highest BCUT2D eigenvalue weighted by atomic mass is 16.5. The predicted molar refractivity (Wildman–Crippen MR) is 73.7 cm³/mol. The van der Waals surface area contributed by atoms with Crippen molar-refractivity contribution in [2.75, 3.05) is 6.61 Å². The van der Waals surface area contributed by atoms with Crippen molar-refractivity contribution in [3.8, 4) is 5.75 Å². The van der Waals surface area contributed by atoms with Crippen molar-refractivity contribution in [1.29, 1.82) is 0 Å². The van der Waals surface area contributed by atoms with Crippen LogP contribution in [-0.2, 0) is 0 Å². The van der Waals surface area contributed by atoms with Crippen molar-refractivity contribution in [2.45, 2.75) is 19.8 Å². The van der Waals surface area contributed by atoms with E-state index in [2.05, 4.69) is 12.1 Å². The van der Waals surface area contributed by atoms with Crippen LogP contribution in [0.4, 0.5) is 0 Å². The molecular formula is C15H17NO2. The number of nitrogens with zero attached hydrogens (tertiary/aromatic N) is 1. The number of oxime groups is 1. The zero-order valence-corrected chi connectivity index (χ0v) is 10.5. The second-order valence-corrected chi connectivity index (χ2v) is 4.15. The molecule has 94 valence electrons. The number of fused-ring (bicyclic) bond motifs is 1. The SMILES string of the molecule is CCCCOc1ccc2ccccc2c1/C=N\O. The van der Waals surface area contributed by atoms with E-state index in [4.69, 9.17) is 9.94 Å². The average molecular weight is 243 g/mol. The molecule has 0 unspecified atom stereocenters. The molecule has 0 aliphatic heterocycles. The maximum Gasteiger partial charge on any atom is 0.128 e. The number of ether oxygens (including phenoxy) is 1. The van der Waals surface area contributed by atoms with Crippen LogP contribution in [0.15, 0.2) is 41.6 Å². The fraction of sp³-hybridized carbons (Fsp3) is 0.267. The van der Waals surface area contributed by atoms with E-state index in [1.807, 2.05) is 36.4 Å². The predicted octanol–water partition coefficient (Wildman–Crippen LogP) is 3.83. The summed E-state index contributed by atoms with van der Waals surface area (Å²) < 4.78 is 5.74. The maximum atomic E-state index is 8.79. The van der Waals surface area contributed by atoms with Gasteiger partial charge in [-0.1, -0.05) is 48.8 Å². The summed E-state index contributed by atoms with van der Waals surface area (Å²) in [7, 11) is 0. The molecule has 0 heterocycles. The molecular weight excluding hydrogens is 226 g/mol. The lowest BCUT2D eigenvalue weighted by molar-refractivity contribution is 0.307. The second-order valence-electron chi connectivity index (χ2n) is 4.15. The Balaban J connectivity index is 2.42. The summed E-state index contributed by atoms with van der Waals surface area (Å²) in [5.74, 6) is 0.764. The van der Waals surface area contributed by atoms with Crippen LogP contribution in [0.3, 0.4) is 0 Å². The molecule has 3 heteroatoms. The van der Waals surface area contributed by atoms with Gasteiger partial charge in [0.05, 0.1) is 12.8 Å². The summed E-state index contributed by atoms with van der Waals surface area (Å²) in [6.07, 6.45) is 3.54.